The molecule has 1 atom stereocenters. The van der Waals surface area contributed by atoms with Crippen LogP contribution in [0.1, 0.15) is 43.4 Å². The fourth-order valence-corrected chi connectivity index (χ4v) is 5.01. The summed E-state index contributed by atoms with van der Waals surface area (Å²) >= 11 is 16.1. The highest BCUT2D eigenvalue weighted by Gasteiger charge is 2.31. The van der Waals surface area contributed by atoms with E-state index in [1.807, 2.05) is 48.5 Å². The Morgan fingerprint density at radius 3 is 2.42 bits per heavy atom. The van der Waals surface area contributed by atoms with Gasteiger partial charge in [0.15, 0.2) is 6.61 Å². The summed E-state index contributed by atoms with van der Waals surface area (Å²) in [4.78, 5) is 28.8. The molecule has 2 amide bonds. The van der Waals surface area contributed by atoms with E-state index in [1.54, 1.807) is 23.1 Å². The summed E-state index contributed by atoms with van der Waals surface area (Å²) < 4.78 is 6.69. The van der Waals surface area contributed by atoms with Gasteiger partial charge in [0.05, 0.1) is 4.47 Å². The Labute approximate surface area is 243 Å². The van der Waals surface area contributed by atoms with E-state index in [9.17, 15) is 9.59 Å². The number of halogens is 3. The van der Waals surface area contributed by atoms with Crippen molar-refractivity contribution in [3.05, 3.63) is 97.9 Å². The highest BCUT2D eigenvalue weighted by molar-refractivity contribution is 9.10. The zero-order valence-electron chi connectivity index (χ0n) is 21.7. The second-order valence-electron chi connectivity index (χ2n) is 9.01. The Morgan fingerprint density at radius 1 is 1.00 bits per heavy atom. The van der Waals surface area contributed by atoms with Gasteiger partial charge < -0.3 is 15.0 Å². The molecule has 8 heteroatoms. The van der Waals surface area contributed by atoms with Crippen molar-refractivity contribution in [1.29, 1.82) is 0 Å². The Balaban J connectivity index is 1.92. The molecule has 0 radical (unpaired) electrons. The molecule has 1 N–H and O–H groups in total. The number of carbonyl (C=O) groups is 2. The summed E-state index contributed by atoms with van der Waals surface area (Å²) in [6.07, 6.45) is 3.05. The van der Waals surface area contributed by atoms with Gasteiger partial charge in [-0.2, -0.15) is 0 Å². The molecule has 202 valence electrons. The van der Waals surface area contributed by atoms with Crippen LogP contribution in [0.5, 0.6) is 5.75 Å². The van der Waals surface area contributed by atoms with Crippen molar-refractivity contribution in [2.45, 2.75) is 52.1 Å². The molecule has 0 aliphatic rings. The minimum absolute atomic E-state index is 0.132. The molecule has 0 spiro atoms. The van der Waals surface area contributed by atoms with Crippen molar-refractivity contribution in [3.8, 4) is 5.75 Å². The molecule has 3 rings (SSSR count). The Hall–Kier alpha value is -2.54. The highest BCUT2D eigenvalue weighted by Crippen LogP contribution is 2.27. The number of unbranched alkanes of at least 4 members (excludes halogenated alkanes) is 1. The Bertz CT molecular complexity index is 1220. The summed E-state index contributed by atoms with van der Waals surface area (Å²) in [6, 6.07) is 19.8. The molecule has 0 aromatic heterocycles. The molecule has 0 heterocycles. The van der Waals surface area contributed by atoms with E-state index in [0.717, 1.165) is 34.9 Å². The molecule has 3 aromatic rings. The second kappa shape index (κ2) is 15.2. The minimum Gasteiger partial charge on any atom is -0.483 e. The fraction of sp³-hybridized carbons (Fsp3) is 0.333. The highest BCUT2D eigenvalue weighted by atomic mass is 79.9. The van der Waals surface area contributed by atoms with E-state index in [-0.39, 0.29) is 25.0 Å². The number of benzene rings is 3. The van der Waals surface area contributed by atoms with Crippen LogP contribution in [0.3, 0.4) is 0 Å². The van der Waals surface area contributed by atoms with E-state index in [4.69, 9.17) is 27.9 Å². The molecular weight excluding hydrogens is 587 g/mol. The van der Waals surface area contributed by atoms with Crippen molar-refractivity contribution in [1.82, 2.24) is 10.2 Å². The van der Waals surface area contributed by atoms with Gasteiger partial charge in [-0.15, -0.1) is 0 Å². The van der Waals surface area contributed by atoms with Gasteiger partial charge in [-0.1, -0.05) is 85.9 Å². The van der Waals surface area contributed by atoms with E-state index in [1.165, 1.54) is 0 Å². The first-order valence-electron chi connectivity index (χ1n) is 12.8. The van der Waals surface area contributed by atoms with Crippen LogP contribution in [0, 0.1) is 0 Å². The third kappa shape index (κ3) is 8.75. The normalized spacial score (nSPS) is 11.6. The maximum absolute atomic E-state index is 13.7. The third-order valence-corrected chi connectivity index (χ3v) is 7.42. The largest absolute Gasteiger partial charge is 0.483 e. The lowest BCUT2D eigenvalue weighted by atomic mass is 10.0. The molecule has 0 bridgehead atoms. The maximum atomic E-state index is 13.7. The number of nitrogens with zero attached hydrogens (tertiary/aromatic N) is 1. The lowest BCUT2D eigenvalue weighted by Crippen LogP contribution is -2.51. The van der Waals surface area contributed by atoms with Crippen LogP contribution in [0.25, 0.3) is 0 Å². The predicted molar refractivity (Wildman–Crippen MR) is 158 cm³/mol. The fourth-order valence-electron chi connectivity index (χ4n) is 4.00. The smallest absolute Gasteiger partial charge is 0.261 e. The number of carbonyl (C=O) groups excluding carboxylic acids is 2. The Morgan fingerprint density at radius 2 is 1.76 bits per heavy atom. The Kier molecular flexibility index (Phi) is 12.0. The molecular formula is C30H33BrCl2N2O3. The van der Waals surface area contributed by atoms with Crippen molar-refractivity contribution >= 4 is 50.9 Å². The van der Waals surface area contributed by atoms with E-state index < -0.39 is 6.04 Å². The van der Waals surface area contributed by atoms with Gasteiger partial charge in [0, 0.05) is 29.6 Å². The average Bonchev–Trinajstić information content (AvgIpc) is 2.91. The van der Waals surface area contributed by atoms with Gasteiger partial charge in [-0.05, 0) is 69.7 Å². The first-order valence-corrected chi connectivity index (χ1v) is 14.3. The van der Waals surface area contributed by atoms with Gasteiger partial charge in [0.1, 0.15) is 11.8 Å². The number of hydrogen-bond acceptors (Lipinski definition) is 3. The monoisotopic (exact) mass is 618 g/mol. The van der Waals surface area contributed by atoms with E-state index in [2.05, 4.69) is 35.1 Å². The first-order chi connectivity index (χ1) is 18.3. The zero-order chi connectivity index (χ0) is 27.5. The number of rotatable bonds is 13. The zero-order valence-corrected chi connectivity index (χ0v) is 24.8. The molecule has 0 fully saturated rings. The quantitative estimate of drug-likeness (QED) is 0.205. The lowest BCUT2D eigenvalue weighted by molar-refractivity contribution is -0.142. The van der Waals surface area contributed by atoms with E-state index in [0.29, 0.717) is 34.3 Å². The van der Waals surface area contributed by atoms with Gasteiger partial charge in [-0.25, -0.2) is 0 Å². The summed E-state index contributed by atoms with van der Waals surface area (Å²) in [6.45, 7) is 4.58. The minimum atomic E-state index is -0.761. The molecule has 0 aliphatic carbocycles. The van der Waals surface area contributed by atoms with Crippen LogP contribution >= 0.6 is 39.1 Å². The topological polar surface area (TPSA) is 58.6 Å². The van der Waals surface area contributed by atoms with Crippen LogP contribution in [0.15, 0.2) is 71.2 Å². The van der Waals surface area contributed by atoms with Gasteiger partial charge in [0.25, 0.3) is 5.91 Å². The molecule has 0 saturated heterocycles. The van der Waals surface area contributed by atoms with E-state index >= 15 is 0 Å². The number of ether oxygens (including phenoxy) is 1. The number of aryl methyl sites for hydroxylation is 1. The van der Waals surface area contributed by atoms with Crippen molar-refractivity contribution in [2.75, 3.05) is 13.2 Å². The van der Waals surface area contributed by atoms with Crippen LogP contribution in [0.2, 0.25) is 10.0 Å². The average molecular weight is 620 g/mol. The van der Waals surface area contributed by atoms with Crippen molar-refractivity contribution < 1.29 is 14.3 Å². The number of hydrogen-bond donors (Lipinski definition) is 1. The van der Waals surface area contributed by atoms with Gasteiger partial charge in [-0.3, -0.25) is 9.59 Å². The summed E-state index contributed by atoms with van der Waals surface area (Å²) in [5, 5.41) is 3.94. The van der Waals surface area contributed by atoms with Gasteiger partial charge in [0.2, 0.25) is 5.91 Å². The number of amides is 2. The first kappa shape index (κ1) is 30.0. The van der Waals surface area contributed by atoms with Gasteiger partial charge >= 0.3 is 0 Å². The number of nitrogens with one attached hydrogen (secondary N) is 1. The van der Waals surface area contributed by atoms with Crippen LogP contribution < -0.4 is 10.1 Å². The van der Waals surface area contributed by atoms with Crippen molar-refractivity contribution in [3.63, 3.8) is 0 Å². The molecule has 0 saturated carbocycles. The maximum Gasteiger partial charge on any atom is 0.261 e. The summed E-state index contributed by atoms with van der Waals surface area (Å²) in [5.41, 5.74) is 2.79. The predicted octanol–water partition coefficient (Wildman–Crippen LogP) is 7.25. The lowest BCUT2D eigenvalue weighted by Gasteiger charge is -2.32. The second-order valence-corrected chi connectivity index (χ2v) is 10.7. The van der Waals surface area contributed by atoms with Crippen molar-refractivity contribution in [2.24, 2.45) is 0 Å². The molecule has 3 aromatic carbocycles. The SMILES string of the molecule is CCCCNC(=O)[C@@H](Cc1ccccc1)N(Cc1ccc(Cl)cc1Cl)C(=O)COc1ccc(CC)cc1Br. The summed E-state index contributed by atoms with van der Waals surface area (Å²) in [5.74, 6) is 0.0234. The molecule has 38 heavy (non-hydrogen) atoms. The van der Waals surface area contributed by atoms with Crippen LogP contribution in [-0.4, -0.2) is 35.9 Å². The molecule has 5 nitrogen and oxygen atoms in total. The molecule has 0 aliphatic heterocycles. The van der Waals surface area contributed by atoms with Crippen LogP contribution in [0.4, 0.5) is 0 Å². The summed E-state index contributed by atoms with van der Waals surface area (Å²) in [7, 11) is 0. The standard InChI is InChI=1S/C30H33BrCl2N2O3/c1-3-5-15-34-30(37)27(17-22-9-7-6-8-10-22)35(19-23-12-13-24(32)18-26(23)33)29(36)20-38-28-14-11-21(4-2)16-25(28)31/h6-14,16,18,27H,3-5,15,17,19-20H2,1-2H3,(H,34,37)/t27-/m1/s1. The van der Waals surface area contributed by atoms with Crippen LogP contribution in [-0.2, 0) is 29.0 Å². The molecule has 0 unspecified atom stereocenters. The third-order valence-electron chi connectivity index (χ3n) is 6.21.